The van der Waals surface area contributed by atoms with Crippen LogP contribution < -0.4 is 0 Å². The quantitative estimate of drug-likeness (QED) is 0.790. The lowest BCUT2D eigenvalue weighted by Gasteiger charge is -2.62. The van der Waals surface area contributed by atoms with Crippen LogP contribution in [0.15, 0.2) is 11.6 Å². The first-order chi connectivity index (χ1) is 12.2. The standard InChI is InChI=1S/C21H29FO4/c1-19-10-18(26)21(22)15(14(19)5-6-16(19)17(25)11-23)4-3-12-9-13(24)7-8-20(12,21)2/h9,14-16,18,23,26H,3-8,10-11H2,1-2H3/t14-,15-,16+,18-,19-,20-,21-/m0/s1. The topological polar surface area (TPSA) is 74.6 Å². The number of hydrogen-bond acceptors (Lipinski definition) is 4. The van der Waals surface area contributed by atoms with Crippen molar-refractivity contribution in [1.29, 1.82) is 0 Å². The van der Waals surface area contributed by atoms with Crippen LogP contribution in [0.25, 0.3) is 0 Å². The van der Waals surface area contributed by atoms with Crippen molar-refractivity contribution in [3.63, 3.8) is 0 Å². The number of ketones is 2. The molecule has 7 atom stereocenters. The van der Waals surface area contributed by atoms with Crippen LogP contribution in [0.3, 0.4) is 0 Å². The van der Waals surface area contributed by atoms with E-state index in [1.165, 1.54) is 0 Å². The fraction of sp³-hybridized carbons (Fsp3) is 0.810. The van der Waals surface area contributed by atoms with Crippen LogP contribution in [-0.2, 0) is 9.59 Å². The summed E-state index contributed by atoms with van der Waals surface area (Å²) >= 11 is 0. The molecule has 2 N–H and O–H groups in total. The number of alkyl halides is 1. The predicted molar refractivity (Wildman–Crippen MR) is 94.0 cm³/mol. The summed E-state index contributed by atoms with van der Waals surface area (Å²) in [4.78, 5) is 24.1. The first kappa shape index (κ1) is 18.3. The highest BCUT2D eigenvalue weighted by atomic mass is 19.1. The molecule has 3 saturated carbocycles. The fourth-order valence-corrected chi connectivity index (χ4v) is 7.21. The van der Waals surface area contributed by atoms with Gasteiger partial charge >= 0.3 is 0 Å². The number of allylic oxidation sites excluding steroid dienone is 1. The number of rotatable bonds is 2. The van der Waals surface area contributed by atoms with Crippen molar-refractivity contribution in [2.45, 2.75) is 70.6 Å². The third kappa shape index (κ3) is 2.07. The van der Waals surface area contributed by atoms with E-state index in [9.17, 15) is 19.8 Å². The molecule has 0 bridgehead atoms. The monoisotopic (exact) mass is 364 g/mol. The van der Waals surface area contributed by atoms with E-state index >= 15 is 4.39 Å². The molecule has 0 aromatic rings. The molecule has 0 saturated heterocycles. The SMILES string of the molecule is C[C@]12C[C@H](O)[C@@]3(F)[C@@H](CCC4=CC(=O)CC[C@@]43C)[C@@H]1CC[C@@H]2C(=O)CO. The molecule has 0 amide bonds. The third-order valence-corrected chi connectivity index (χ3v) is 8.58. The molecule has 26 heavy (non-hydrogen) atoms. The minimum atomic E-state index is -1.75. The zero-order chi connectivity index (χ0) is 18.9. The normalized spacial score (nSPS) is 50.5. The maximum atomic E-state index is 16.7. The van der Waals surface area contributed by atoms with E-state index in [-0.39, 0.29) is 35.7 Å². The summed E-state index contributed by atoms with van der Waals surface area (Å²) in [5, 5.41) is 20.4. The zero-order valence-electron chi connectivity index (χ0n) is 15.6. The van der Waals surface area contributed by atoms with Gasteiger partial charge in [0, 0.05) is 23.7 Å². The molecule has 144 valence electrons. The molecule has 0 spiro atoms. The summed E-state index contributed by atoms with van der Waals surface area (Å²) in [7, 11) is 0. The van der Waals surface area contributed by atoms with Crippen LogP contribution in [0.2, 0.25) is 0 Å². The van der Waals surface area contributed by atoms with Gasteiger partial charge in [0.2, 0.25) is 0 Å². The van der Waals surface area contributed by atoms with E-state index in [1.807, 2.05) is 13.8 Å². The second kappa shape index (κ2) is 5.71. The first-order valence-electron chi connectivity index (χ1n) is 9.93. The molecule has 4 nitrogen and oxygen atoms in total. The van der Waals surface area contributed by atoms with Crippen molar-refractivity contribution in [2.75, 3.05) is 6.61 Å². The summed E-state index contributed by atoms with van der Waals surface area (Å²) < 4.78 is 16.7. The maximum absolute atomic E-state index is 16.7. The lowest BCUT2D eigenvalue weighted by Crippen LogP contribution is -2.67. The average Bonchev–Trinajstić information content (AvgIpc) is 2.93. The predicted octanol–water partition coefficient (Wildman–Crippen LogP) is 2.76. The van der Waals surface area contributed by atoms with Gasteiger partial charge in [-0.2, -0.15) is 0 Å². The number of aliphatic hydroxyl groups excluding tert-OH is 2. The Bertz CT molecular complexity index is 687. The lowest BCUT2D eigenvalue weighted by molar-refractivity contribution is -0.208. The Balaban J connectivity index is 1.77. The molecule has 0 radical (unpaired) electrons. The van der Waals surface area contributed by atoms with Gasteiger partial charge in [-0.25, -0.2) is 4.39 Å². The number of hydrogen-bond donors (Lipinski definition) is 2. The molecule has 5 heteroatoms. The Labute approximate surface area is 153 Å². The second-order valence-corrected chi connectivity index (χ2v) is 9.47. The van der Waals surface area contributed by atoms with E-state index in [0.717, 1.165) is 12.0 Å². The molecule has 0 heterocycles. The van der Waals surface area contributed by atoms with Gasteiger partial charge < -0.3 is 10.2 Å². The van der Waals surface area contributed by atoms with Gasteiger partial charge in [-0.1, -0.05) is 19.4 Å². The average molecular weight is 364 g/mol. The van der Waals surface area contributed by atoms with Gasteiger partial charge in [-0.15, -0.1) is 0 Å². The number of carbonyl (C=O) groups excluding carboxylic acids is 2. The van der Waals surface area contributed by atoms with Crippen LogP contribution in [0.4, 0.5) is 4.39 Å². The van der Waals surface area contributed by atoms with Gasteiger partial charge in [0.05, 0.1) is 6.10 Å². The van der Waals surface area contributed by atoms with E-state index in [0.29, 0.717) is 32.1 Å². The molecule has 3 fully saturated rings. The van der Waals surface area contributed by atoms with Crippen molar-refractivity contribution in [2.24, 2.45) is 28.6 Å². The minimum absolute atomic E-state index is 0.0346. The van der Waals surface area contributed by atoms with Crippen molar-refractivity contribution in [3.05, 3.63) is 11.6 Å². The Morgan fingerprint density at radius 2 is 1.96 bits per heavy atom. The molecule has 4 aliphatic rings. The van der Waals surface area contributed by atoms with Gasteiger partial charge in [0.25, 0.3) is 0 Å². The van der Waals surface area contributed by atoms with Crippen molar-refractivity contribution >= 4 is 11.6 Å². The van der Waals surface area contributed by atoms with Gasteiger partial charge in [0.15, 0.2) is 11.6 Å². The van der Waals surface area contributed by atoms with Crippen LogP contribution in [0, 0.1) is 28.6 Å². The molecule has 4 rings (SSSR count). The molecule has 0 unspecified atom stereocenters. The summed E-state index contributed by atoms with van der Waals surface area (Å²) in [6, 6.07) is 0. The van der Waals surface area contributed by atoms with Crippen LogP contribution in [0.5, 0.6) is 0 Å². The number of Topliss-reactive ketones (excluding diaryl/α,β-unsaturated/α-hetero) is 1. The minimum Gasteiger partial charge on any atom is -0.390 e. The Hall–Kier alpha value is -1.07. The summed E-state index contributed by atoms with van der Waals surface area (Å²) in [5.74, 6) is -0.687. The Kier molecular flexibility index (Phi) is 4.02. The smallest absolute Gasteiger partial charge is 0.161 e. The summed E-state index contributed by atoms with van der Waals surface area (Å²) in [6.07, 6.45) is 4.23. The van der Waals surface area contributed by atoms with E-state index in [4.69, 9.17) is 0 Å². The lowest BCUT2D eigenvalue weighted by atomic mass is 9.44. The molecular weight excluding hydrogens is 335 g/mol. The maximum Gasteiger partial charge on any atom is 0.161 e. The van der Waals surface area contributed by atoms with Crippen molar-refractivity contribution < 1.29 is 24.2 Å². The number of fused-ring (bicyclic) bond motifs is 5. The highest BCUT2D eigenvalue weighted by Gasteiger charge is 2.71. The molecule has 4 aliphatic carbocycles. The van der Waals surface area contributed by atoms with Crippen LogP contribution >= 0.6 is 0 Å². The zero-order valence-corrected chi connectivity index (χ0v) is 15.6. The second-order valence-electron chi connectivity index (χ2n) is 9.47. The van der Waals surface area contributed by atoms with Crippen LogP contribution in [-0.4, -0.2) is 40.2 Å². The fourth-order valence-electron chi connectivity index (χ4n) is 7.21. The molecule has 0 aliphatic heterocycles. The summed E-state index contributed by atoms with van der Waals surface area (Å²) in [6.45, 7) is 3.40. The van der Waals surface area contributed by atoms with Gasteiger partial charge in [-0.3, -0.25) is 9.59 Å². The van der Waals surface area contributed by atoms with E-state index < -0.39 is 29.2 Å². The first-order valence-corrected chi connectivity index (χ1v) is 9.93. The number of aliphatic hydroxyl groups is 2. The molecular formula is C21H29FO4. The number of carbonyl (C=O) groups is 2. The van der Waals surface area contributed by atoms with Gasteiger partial charge in [-0.05, 0) is 55.9 Å². The highest BCUT2D eigenvalue weighted by Crippen LogP contribution is 2.69. The van der Waals surface area contributed by atoms with Crippen LogP contribution in [0.1, 0.15) is 58.8 Å². The van der Waals surface area contributed by atoms with Gasteiger partial charge in [0.1, 0.15) is 12.3 Å². The summed E-state index contributed by atoms with van der Waals surface area (Å²) in [5.41, 5.74) is -2.15. The molecule has 0 aromatic carbocycles. The highest BCUT2D eigenvalue weighted by molar-refractivity contribution is 5.91. The largest absolute Gasteiger partial charge is 0.390 e. The van der Waals surface area contributed by atoms with Crippen molar-refractivity contribution in [3.8, 4) is 0 Å². The molecule has 0 aromatic heterocycles. The third-order valence-electron chi connectivity index (χ3n) is 8.58. The van der Waals surface area contributed by atoms with E-state index in [1.54, 1.807) is 6.08 Å². The Morgan fingerprint density at radius 1 is 1.23 bits per heavy atom. The van der Waals surface area contributed by atoms with E-state index in [2.05, 4.69) is 0 Å². The number of halogens is 1. The Morgan fingerprint density at radius 3 is 2.65 bits per heavy atom. The van der Waals surface area contributed by atoms with Crippen molar-refractivity contribution in [1.82, 2.24) is 0 Å².